The first kappa shape index (κ1) is 28.9. The molecule has 0 fully saturated rings. The molecule has 0 spiro atoms. The fourth-order valence-electron chi connectivity index (χ4n) is 4.93. The smallest absolute Gasteiger partial charge is 0.234 e. The molecular weight excluding hydrogens is 512 g/mol. The number of rotatable bonds is 12. The summed E-state index contributed by atoms with van der Waals surface area (Å²) in [6.07, 6.45) is 0.604. The average molecular weight is 551 g/mol. The predicted octanol–water partition coefficient (Wildman–Crippen LogP) is 4.41. The van der Waals surface area contributed by atoms with Crippen LogP contribution in [0.3, 0.4) is 0 Å². The quantitative estimate of drug-likeness (QED) is 0.355. The van der Waals surface area contributed by atoms with E-state index in [1.165, 1.54) is 0 Å². The highest BCUT2D eigenvalue weighted by Crippen LogP contribution is 2.42. The van der Waals surface area contributed by atoms with Gasteiger partial charge in [0, 0.05) is 36.3 Å². The number of amides is 1. The van der Waals surface area contributed by atoms with Crippen LogP contribution in [0.5, 0.6) is 34.5 Å². The molecule has 9 nitrogen and oxygen atoms in total. The summed E-state index contributed by atoms with van der Waals surface area (Å²) in [4.78, 5) is 15.4. The van der Waals surface area contributed by atoms with E-state index in [2.05, 4.69) is 10.2 Å². The summed E-state index contributed by atoms with van der Waals surface area (Å²) < 4.78 is 34.0. The van der Waals surface area contributed by atoms with Crippen LogP contribution in [0.1, 0.15) is 29.7 Å². The van der Waals surface area contributed by atoms with Crippen molar-refractivity contribution in [2.75, 3.05) is 54.7 Å². The monoisotopic (exact) mass is 550 g/mol. The minimum atomic E-state index is -0.183. The molecule has 3 aromatic rings. The predicted molar refractivity (Wildman–Crippen MR) is 152 cm³/mol. The molecular formula is C31H38N2O7. The number of hydrogen-bond donors (Lipinski definition) is 1. The number of carbonyl (C=O) groups is 1. The van der Waals surface area contributed by atoms with Crippen molar-refractivity contribution < 1.29 is 33.2 Å². The van der Waals surface area contributed by atoms with Gasteiger partial charge in [0.15, 0.2) is 23.0 Å². The number of hydrogen-bond acceptors (Lipinski definition) is 8. The molecule has 0 aliphatic carbocycles. The molecule has 3 aromatic carbocycles. The minimum Gasteiger partial charge on any atom is -0.494 e. The maximum Gasteiger partial charge on any atom is 0.234 e. The van der Waals surface area contributed by atoms with Gasteiger partial charge in [0.1, 0.15) is 18.1 Å². The van der Waals surface area contributed by atoms with E-state index in [0.717, 1.165) is 22.4 Å². The van der Waals surface area contributed by atoms with Gasteiger partial charge in [-0.05, 0) is 43.2 Å². The van der Waals surface area contributed by atoms with Crippen LogP contribution < -0.4 is 33.7 Å². The molecule has 0 aromatic heterocycles. The van der Waals surface area contributed by atoms with Crippen LogP contribution in [0, 0.1) is 0 Å². The van der Waals surface area contributed by atoms with Crippen molar-refractivity contribution in [1.29, 1.82) is 0 Å². The summed E-state index contributed by atoms with van der Waals surface area (Å²) in [5.74, 6) is 3.88. The fraction of sp³-hybridized carbons (Fsp3) is 0.387. The van der Waals surface area contributed by atoms with E-state index in [4.69, 9.17) is 28.4 Å². The normalized spacial score (nSPS) is 14.8. The highest BCUT2D eigenvalue weighted by Gasteiger charge is 2.30. The maximum atomic E-state index is 13.3. The third-order valence-corrected chi connectivity index (χ3v) is 6.92. The van der Waals surface area contributed by atoms with E-state index in [1.54, 1.807) is 28.4 Å². The summed E-state index contributed by atoms with van der Waals surface area (Å²) >= 11 is 0. The van der Waals surface area contributed by atoms with Gasteiger partial charge in [-0.1, -0.05) is 24.3 Å². The Hall–Kier alpha value is -4.11. The number of para-hydroxylation sites is 1. The third kappa shape index (κ3) is 6.71. The SMILES string of the molecule is CCOc1ccccc1CNC(=O)CN1CCOc2cc(OC)c(OC)cc2C1Cc1ccc(OC)c(OC)c1. The molecule has 1 aliphatic rings. The van der Waals surface area contributed by atoms with E-state index in [1.807, 2.05) is 61.5 Å². The number of nitrogens with one attached hydrogen (secondary N) is 1. The molecule has 0 radical (unpaired) electrons. The molecule has 1 unspecified atom stereocenters. The Labute approximate surface area is 235 Å². The molecule has 1 amide bonds. The van der Waals surface area contributed by atoms with Crippen LogP contribution in [-0.4, -0.2) is 65.5 Å². The van der Waals surface area contributed by atoms with Crippen molar-refractivity contribution in [3.63, 3.8) is 0 Å². The van der Waals surface area contributed by atoms with Crippen molar-refractivity contribution in [2.24, 2.45) is 0 Å². The van der Waals surface area contributed by atoms with Gasteiger partial charge in [-0.15, -0.1) is 0 Å². The zero-order valence-corrected chi connectivity index (χ0v) is 23.8. The molecule has 1 aliphatic heterocycles. The van der Waals surface area contributed by atoms with Crippen LogP contribution in [0.4, 0.5) is 0 Å². The number of methoxy groups -OCH3 is 4. The van der Waals surface area contributed by atoms with Gasteiger partial charge >= 0.3 is 0 Å². The Balaban J connectivity index is 1.62. The van der Waals surface area contributed by atoms with E-state index >= 15 is 0 Å². The lowest BCUT2D eigenvalue weighted by Crippen LogP contribution is -2.40. The maximum absolute atomic E-state index is 13.3. The van der Waals surface area contributed by atoms with Gasteiger partial charge in [-0.2, -0.15) is 0 Å². The molecule has 0 saturated carbocycles. The largest absolute Gasteiger partial charge is 0.494 e. The zero-order valence-electron chi connectivity index (χ0n) is 23.8. The highest BCUT2D eigenvalue weighted by molar-refractivity contribution is 5.78. The Kier molecular flexibility index (Phi) is 9.96. The Morgan fingerprint density at radius 1 is 0.900 bits per heavy atom. The number of benzene rings is 3. The lowest BCUT2D eigenvalue weighted by Gasteiger charge is -2.30. The second kappa shape index (κ2) is 13.8. The summed E-state index contributed by atoms with van der Waals surface area (Å²) in [5.41, 5.74) is 2.88. The van der Waals surface area contributed by atoms with Crippen LogP contribution in [0.15, 0.2) is 54.6 Å². The molecule has 0 bridgehead atoms. The molecule has 9 heteroatoms. The number of carbonyl (C=O) groups excluding carboxylic acids is 1. The summed E-state index contributed by atoms with van der Waals surface area (Å²) in [5, 5.41) is 3.07. The van der Waals surface area contributed by atoms with Crippen molar-refractivity contribution in [2.45, 2.75) is 25.9 Å². The van der Waals surface area contributed by atoms with E-state index < -0.39 is 0 Å². The average Bonchev–Trinajstić information content (AvgIpc) is 3.14. The molecule has 40 heavy (non-hydrogen) atoms. The second-order valence-electron chi connectivity index (χ2n) is 9.29. The van der Waals surface area contributed by atoms with Gasteiger partial charge in [0.2, 0.25) is 5.91 Å². The molecule has 4 rings (SSSR count). The van der Waals surface area contributed by atoms with Gasteiger partial charge in [0.05, 0.1) is 41.6 Å². The fourth-order valence-corrected chi connectivity index (χ4v) is 4.93. The van der Waals surface area contributed by atoms with Crippen molar-refractivity contribution in [3.8, 4) is 34.5 Å². The number of nitrogens with zero attached hydrogens (tertiary/aromatic N) is 1. The summed E-state index contributed by atoms with van der Waals surface area (Å²) in [6, 6.07) is 17.2. The van der Waals surface area contributed by atoms with Gasteiger partial charge < -0.3 is 33.7 Å². The van der Waals surface area contributed by atoms with Gasteiger partial charge in [-0.25, -0.2) is 0 Å². The Morgan fingerprint density at radius 3 is 2.33 bits per heavy atom. The standard InChI is InChI=1S/C31H38N2O7/c1-6-39-25-10-8-7-9-22(25)19-32-31(34)20-33-13-14-40-27-18-30(38-5)29(37-4)17-23(27)24(33)15-21-11-12-26(35-2)28(16-21)36-3/h7-12,16-18,24H,6,13-15,19-20H2,1-5H3,(H,32,34). The third-order valence-electron chi connectivity index (χ3n) is 6.92. The Morgan fingerprint density at radius 2 is 1.60 bits per heavy atom. The lowest BCUT2D eigenvalue weighted by molar-refractivity contribution is -0.123. The zero-order chi connectivity index (χ0) is 28.5. The highest BCUT2D eigenvalue weighted by atomic mass is 16.5. The second-order valence-corrected chi connectivity index (χ2v) is 9.29. The Bertz CT molecular complexity index is 1300. The first-order chi connectivity index (χ1) is 19.5. The molecule has 214 valence electrons. The van der Waals surface area contributed by atoms with Gasteiger partial charge in [0.25, 0.3) is 0 Å². The van der Waals surface area contributed by atoms with Crippen LogP contribution in [0.25, 0.3) is 0 Å². The van der Waals surface area contributed by atoms with Crippen LogP contribution in [-0.2, 0) is 17.8 Å². The van der Waals surface area contributed by atoms with Gasteiger partial charge in [-0.3, -0.25) is 9.69 Å². The van der Waals surface area contributed by atoms with Crippen molar-refractivity contribution >= 4 is 5.91 Å². The summed E-state index contributed by atoms with van der Waals surface area (Å²) in [7, 11) is 6.44. The van der Waals surface area contributed by atoms with E-state index in [0.29, 0.717) is 61.5 Å². The van der Waals surface area contributed by atoms with Crippen LogP contribution in [0.2, 0.25) is 0 Å². The number of ether oxygens (including phenoxy) is 6. The first-order valence-electron chi connectivity index (χ1n) is 13.3. The summed E-state index contributed by atoms with van der Waals surface area (Å²) in [6.45, 7) is 4.04. The van der Waals surface area contributed by atoms with E-state index in [9.17, 15) is 4.79 Å². The van der Waals surface area contributed by atoms with Crippen molar-refractivity contribution in [1.82, 2.24) is 10.2 Å². The minimum absolute atomic E-state index is 0.0902. The molecule has 1 N–H and O–H groups in total. The molecule has 0 saturated heterocycles. The van der Waals surface area contributed by atoms with E-state index in [-0.39, 0.29) is 18.5 Å². The topological polar surface area (TPSA) is 87.7 Å². The molecule has 1 heterocycles. The van der Waals surface area contributed by atoms with Crippen molar-refractivity contribution in [3.05, 3.63) is 71.3 Å². The first-order valence-corrected chi connectivity index (χ1v) is 13.3. The van der Waals surface area contributed by atoms with Crippen LogP contribution >= 0.6 is 0 Å². The number of fused-ring (bicyclic) bond motifs is 1. The lowest BCUT2D eigenvalue weighted by atomic mass is 9.95. The molecule has 1 atom stereocenters.